The molecule has 0 bridgehead atoms. The molecule has 1 amide bonds. The Balaban J connectivity index is 1.97. The van der Waals surface area contributed by atoms with Crippen LogP contribution in [0.1, 0.15) is 36.4 Å². The lowest BCUT2D eigenvalue weighted by Crippen LogP contribution is -2.27. The van der Waals surface area contributed by atoms with Gasteiger partial charge in [-0.1, -0.05) is 41.9 Å². The van der Waals surface area contributed by atoms with E-state index in [2.05, 4.69) is 5.10 Å². The van der Waals surface area contributed by atoms with Gasteiger partial charge < -0.3 is 9.84 Å². The second-order valence-electron chi connectivity index (χ2n) is 6.12. The van der Waals surface area contributed by atoms with Crippen molar-refractivity contribution >= 4 is 29.2 Å². The Labute approximate surface area is 162 Å². The van der Waals surface area contributed by atoms with Crippen LogP contribution in [0.2, 0.25) is 5.02 Å². The standard InChI is InChI=1S/C20H19ClN2O4/c1-27-18-9-5-3-7-14(18)16-12-17(13-6-2-4-8-15(13)21)23(22-16)19(24)10-11-20(25)26/h2-9,17H,10-12H2,1H3,(H,25,26). The number of rotatable bonds is 6. The summed E-state index contributed by atoms with van der Waals surface area (Å²) in [6, 6.07) is 14.3. The molecular weight excluding hydrogens is 368 g/mol. The highest BCUT2D eigenvalue weighted by atomic mass is 35.5. The van der Waals surface area contributed by atoms with Crippen LogP contribution in [0.25, 0.3) is 0 Å². The second kappa shape index (κ2) is 8.22. The number of halogens is 1. The average molecular weight is 387 g/mol. The predicted molar refractivity (Wildman–Crippen MR) is 102 cm³/mol. The molecule has 27 heavy (non-hydrogen) atoms. The summed E-state index contributed by atoms with van der Waals surface area (Å²) in [7, 11) is 1.58. The second-order valence-corrected chi connectivity index (χ2v) is 6.53. The molecule has 1 unspecified atom stereocenters. The van der Waals surface area contributed by atoms with Crippen molar-refractivity contribution in [3.63, 3.8) is 0 Å². The van der Waals surface area contributed by atoms with E-state index >= 15 is 0 Å². The number of aliphatic carboxylic acids is 1. The van der Waals surface area contributed by atoms with Gasteiger partial charge >= 0.3 is 5.97 Å². The summed E-state index contributed by atoms with van der Waals surface area (Å²) in [5, 5.41) is 15.3. The number of carboxylic acids is 1. The van der Waals surface area contributed by atoms with Gasteiger partial charge in [-0.25, -0.2) is 5.01 Å². The quantitative estimate of drug-likeness (QED) is 0.816. The molecule has 0 saturated carbocycles. The number of carboxylic acid groups (broad SMARTS) is 1. The van der Waals surface area contributed by atoms with E-state index in [1.54, 1.807) is 13.2 Å². The Morgan fingerprint density at radius 1 is 1.19 bits per heavy atom. The van der Waals surface area contributed by atoms with E-state index in [0.717, 1.165) is 11.1 Å². The fourth-order valence-corrected chi connectivity index (χ4v) is 3.36. The molecule has 2 aromatic carbocycles. The van der Waals surface area contributed by atoms with Crippen LogP contribution in [0.5, 0.6) is 5.75 Å². The first-order chi connectivity index (χ1) is 13.0. The smallest absolute Gasteiger partial charge is 0.303 e. The largest absolute Gasteiger partial charge is 0.496 e. The summed E-state index contributed by atoms with van der Waals surface area (Å²) in [4.78, 5) is 23.5. The zero-order chi connectivity index (χ0) is 19.4. The van der Waals surface area contributed by atoms with Crippen molar-refractivity contribution in [1.82, 2.24) is 5.01 Å². The number of para-hydroxylation sites is 1. The maximum absolute atomic E-state index is 12.7. The lowest BCUT2D eigenvalue weighted by atomic mass is 9.97. The summed E-state index contributed by atoms with van der Waals surface area (Å²) in [5.74, 6) is -0.716. The minimum Gasteiger partial charge on any atom is -0.496 e. The molecule has 6 nitrogen and oxygen atoms in total. The summed E-state index contributed by atoms with van der Waals surface area (Å²) in [6.07, 6.45) is 0.0893. The molecule has 0 spiro atoms. The third kappa shape index (κ3) is 4.11. The van der Waals surface area contributed by atoms with E-state index in [4.69, 9.17) is 21.4 Å². The van der Waals surface area contributed by atoms with Crippen molar-refractivity contribution < 1.29 is 19.4 Å². The maximum atomic E-state index is 12.7. The van der Waals surface area contributed by atoms with Gasteiger partial charge in [0.2, 0.25) is 5.91 Å². The number of carbonyl (C=O) groups is 2. The van der Waals surface area contributed by atoms with Crippen molar-refractivity contribution in [2.75, 3.05) is 7.11 Å². The van der Waals surface area contributed by atoms with E-state index in [9.17, 15) is 9.59 Å². The first kappa shape index (κ1) is 18.9. The van der Waals surface area contributed by atoms with Gasteiger partial charge in [-0.3, -0.25) is 9.59 Å². The Bertz CT molecular complexity index is 897. The number of benzene rings is 2. The fourth-order valence-electron chi connectivity index (χ4n) is 3.10. The lowest BCUT2D eigenvalue weighted by molar-refractivity contribution is -0.141. The van der Waals surface area contributed by atoms with Crippen LogP contribution in [0.4, 0.5) is 0 Å². The zero-order valence-electron chi connectivity index (χ0n) is 14.8. The van der Waals surface area contributed by atoms with Crippen molar-refractivity contribution in [3.8, 4) is 5.75 Å². The normalized spacial score (nSPS) is 16.1. The molecule has 1 N–H and O–H groups in total. The maximum Gasteiger partial charge on any atom is 0.303 e. The zero-order valence-corrected chi connectivity index (χ0v) is 15.5. The molecule has 1 aliphatic rings. The number of hydrogen-bond donors (Lipinski definition) is 1. The van der Waals surface area contributed by atoms with Crippen molar-refractivity contribution in [1.29, 1.82) is 0 Å². The molecule has 0 fully saturated rings. The average Bonchev–Trinajstić information content (AvgIpc) is 3.11. The monoisotopic (exact) mass is 386 g/mol. The number of carbonyl (C=O) groups excluding carboxylic acids is 1. The molecular formula is C20H19ClN2O4. The van der Waals surface area contributed by atoms with Crippen LogP contribution in [0, 0.1) is 0 Å². The van der Waals surface area contributed by atoms with Crippen LogP contribution in [0.15, 0.2) is 53.6 Å². The van der Waals surface area contributed by atoms with E-state index in [1.807, 2.05) is 42.5 Å². The summed E-state index contributed by atoms with van der Waals surface area (Å²) < 4.78 is 5.41. The molecule has 3 rings (SSSR count). The molecule has 1 heterocycles. The lowest BCUT2D eigenvalue weighted by Gasteiger charge is -2.22. The van der Waals surface area contributed by atoms with Crippen LogP contribution in [0.3, 0.4) is 0 Å². The number of hydrazone groups is 1. The Kier molecular flexibility index (Phi) is 5.76. The molecule has 0 aromatic heterocycles. The van der Waals surface area contributed by atoms with Gasteiger partial charge in [-0.15, -0.1) is 0 Å². The number of nitrogens with zero attached hydrogens (tertiary/aromatic N) is 2. The van der Waals surface area contributed by atoms with Crippen molar-refractivity contribution in [2.45, 2.75) is 25.3 Å². The van der Waals surface area contributed by atoms with Crippen LogP contribution < -0.4 is 4.74 Å². The van der Waals surface area contributed by atoms with Gasteiger partial charge in [0.1, 0.15) is 5.75 Å². The van der Waals surface area contributed by atoms with E-state index in [-0.39, 0.29) is 24.8 Å². The third-order valence-corrected chi connectivity index (χ3v) is 4.74. The van der Waals surface area contributed by atoms with Gasteiger partial charge in [0, 0.05) is 23.4 Å². The minimum absolute atomic E-state index is 0.126. The first-order valence-corrected chi connectivity index (χ1v) is 8.88. The number of methoxy groups -OCH3 is 1. The van der Waals surface area contributed by atoms with Gasteiger partial charge in [-0.05, 0) is 23.8 Å². The highest BCUT2D eigenvalue weighted by Crippen LogP contribution is 2.38. The highest BCUT2D eigenvalue weighted by Gasteiger charge is 2.34. The van der Waals surface area contributed by atoms with Crippen molar-refractivity contribution in [2.24, 2.45) is 5.10 Å². The van der Waals surface area contributed by atoms with E-state index in [0.29, 0.717) is 22.9 Å². The summed E-state index contributed by atoms with van der Waals surface area (Å²) in [6.45, 7) is 0. The van der Waals surface area contributed by atoms with Gasteiger partial charge in [-0.2, -0.15) is 5.10 Å². The molecule has 1 aliphatic heterocycles. The molecule has 7 heteroatoms. The van der Waals surface area contributed by atoms with E-state index < -0.39 is 5.97 Å². The van der Waals surface area contributed by atoms with E-state index in [1.165, 1.54) is 5.01 Å². The molecule has 0 aliphatic carbocycles. The summed E-state index contributed by atoms with van der Waals surface area (Å²) in [5.41, 5.74) is 2.27. The topological polar surface area (TPSA) is 79.2 Å². The van der Waals surface area contributed by atoms with Crippen LogP contribution in [-0.2, 0) is 9.59 Å². The van der Waals surface area contributed by atoms with Gasteiger partial charge in [0.15, 0.2) is 0 Å². The van der Waals surface area contributed by atoms with Gasteiger partial charge in [0.05, 0.1) is 25.3 Å². The molecule has 1 atom stereocenters. The minimum atomic E-state index is -1.02. The first-order valence-electron chi connectivity index (χ1n) is 8.50. The number of amides is 1. The fraction of sp³-hybridized carbons (Fsp3) is 0.250. The Hall–Kier alpha value is -2.86. The highest BCUT2D eigenvalue weighted by molar-refractivity contribution is 6.31. The molecule has 0 saturated heterocycles. The Morgan fingerprint density at radius 3 is 2.59 bits per heavy atom. The Morgan fingerprint density at radius 2 is 1.89 bits per heavy atom. The predicted octanol–water partition coefficient (Wildman–Crippen LogP) is 3.89. The molecule has 2 aromatic rings. The van der Waals surface area contributed by atoms with Crippen LogP contribution >= 0.6 is 11.6 Å². The molecule has 140 valence electrons. The summed E-state index contributed by atoms with van der Waals surface area (Å²) >= 11 is 6.35. The SMILES string of the molecule is COc1ccccc1C1=NN(C(=O)CCC(=O)O)C(c2ccccc2Cl)C1. The third-order valence-electron chi connectivity index (χ3n) is 4.40. The molecule has 0 radical (unpaired) electrons. The van der Waals surface area contributed by atoms with Crippen LogP contribution in [-0.4, -0.2) is 34.8 Å². The number of ether oxygens (including phenoxy) is 1. The number of hydrogen-bond acceptors (Lipinski definition) is 4. The van der Waals surface area contributed by atoms with Crippen molar-refractivity contribution in [3.05, 3.63) is 64.7 Å². The van der Waals surface area contributed by atoms with Gasteiger partial charge in [0.25, 0.3) is 0 Å².